The van der Waals surface area contributed by atoms with Crippen molar-refractivity contribution in [3.63, 3.8) is 0 Å². The zero-order chi connectivity index (χ0) is 19.2. The molecule has 0 saturated carbocycles. The molecule has 3 fully saturated rings. The number of rotatable bonds is 7. The van der Waals surface area contributed by atoms with E-state index in [4.69, 9.17) is 9.47 Å². The van der Waals surface area contributed by atoms with Gasteiger partial charge in [-0.1, -0.05) is 33.1 Å². The third kappa shape index (κ3) is 4.60. The topological polar surface area (TPSA) is 54.1 Å². The second-order valence-electron chi connectivity index (χ2n) is 10.4. The third-order valence-corrected chi connectivity index (χ3v) is 5.79. The SMILES string of the molecule is CC(C)CCCCC1OC2(CC(C)(C)NC(C)(C)C2)N(CC2CO2)C1=O. The summed E-state index contributed by atoms with van der Waals surface area (Å²) in [5.41, 5.74) is -0.640. The molecule has 1 N–H and O–H groups in total. The van der Waals surface area contributed by atoms with Crippen LogP contribution in [-0.2, 0) is 14.3 Å². The summed E-state index contributed by atoms with van der Waals surface area (Å²) in [5.74, 6) is 0.898. The highest BCUT2D eigenvalue weighted by Gasteiger charge is 2.59. The van der Waals surface area contributed by atoms with Gasteiger partial charge in [0, 0.05) is 23.9 Å². The molecule has 1 amide bonds. The van der Waals surface area contributed by atoms with E-state index in [1.165, 1.54) is 12.8 Å². The fourth-order valence-corrected chi connectivity index (χ4v) is 5.17. The molecule has 0 aromatic heterocycles. The van der Waals surface area contributed by atoms with Gasteiger partial charge in [0.1, 0.15) is 11.8 Å². The normalized spacial score (nSPS) is 31.8. The van der Waals surface area contributed by atoms with Crippen molar-refractivity contribution in [3.8, 4) is 0 Å². The van der Waals surface area contributed by atoms with E-state index in [2.05, 4.69) is 46.9 Å². The van der Waals surface area contributed by atoms with Crippen LogP contribution in [0.15, 0.2) is 0 Å². The summed E-state index contributed by atoms with van der Waals surface area (Å²) in [6.45, 7) is 14.8. The lowest BCUT2D eigenvalue weighted by molar-refractivity contribution is -0.163. The molecule has 0 aromatic carbocycles. The molecule has 3 heterocycles. The fraction of sp³-hybridized carbons (Fsp3) is 0.952. The maximum atomic E-state index is 13.2. The van der Waals surface area contributed by atoms with Crippen LogP contribution in [0, 0.1) is 5.92 Å². The Morgan fingerprint density at radius 1 is 1.15 bits per heavy atom. The predicted molar refractivity (Wildman–Crippen MR) is 103 cm³/mol. The summed E-state index contributed by atoms with van der Waals surface area (Å²) in [5, 5.41) is 3.72. The van der Waals surface area contributed by atoms with Gasteiger partial charge in [-0.05, 0) is 40.0 Å². The summed E-state index contributed by atoms with van der Waals surface area (Å²) in [6, 6.07) is 0. The van der Waals surface area contributed by atoms with Crippen LogP contribution in [0.2, 0.25) is 0 Å². The number of piperidine rings is 1. The number of nitrogens with zero attached hydrogens (tertiary/aromatic N) is 1. The average Bonchev–Trinajstić information content (AvgIpc) is 3.24. The molecule has 26 heavy (non-hydrogen) atoms. The Balaban J connectivity index is 1.74. The van der Waals surface area contributed by atoms with Crippen LogP contribution in [0.25, 0.3) is 0 Å². The van der Waals surface area contributed by atoms with Crippen molar-refractivity contribution >= 4 is 5.91 Å². The smallest absolute Gasteiger partial charge is 0.254 e. The molecule has 0 bridgehead atoms. The molecule has 3 saturated heterocycles. The van der Waals surface area contributed by atoms with Crippen LogP contribution in [0.4, 0.5) is 0 Å². The van der Waals surface area contributed by atoms with Crippen molar-refractivity contribution in [2.45, 2.75) is 109 Å². The van der Waals surface area contributed by atoms with Gasteiger partial charge >= 0.3 is 0 Å². The number of amides is 1. The first-order valence-corrected chi connectivity index (χ1v) is 10.4. The lowest BCUT2D eigenvalue weighted by Crippen LogP contribution is -2.67. The molecule has 5 nitrogen and oxygen atoms in total. The lowest BCUT2D eigenvalue weighted by atomic mass is 9.76. The average molecular weight is 367 g/mol. The number of unbranched alkanes of at least 4 members (excludes halogenated alkanes) is 1. The van der Waals surface area contributed by atoms with Crippen LogP contribution in [0.5, 0.6) is 0 Å². The van der Waals surface area contributed by atoms with E-state index < -0.39 is 5.72 Å². The zero-order valence-corrected chi connectivity index (χ0v) is 17.6. The largest absolute Gasteiger partial charge is 0.371 e. The molecule has 3 aliphatic heterocycles. The number of nitrogens with one attached hydrogen (secondary N) is 1. The molecule has 150 valence electrons. The van der Waals surface area contributed by atoms with Crippen molar-refractivity contribution in [2.75, 3.05) is 13.2 Å². The van der Waals surface area contributed by atoms with Gasteiger partial charge in [-0.3, -0.25) is 4.79 Å². The van der Waals surface area contributed by atoms with Gasteiger partial charge in [-0.2, -0.15) is 0 Å². The number of carbonyl (C=O) groups is 1. The van der Waals surface area contributed by atoms with Gasteiger partial charge in [-0.25, -0.2) is 0 Å². The Hall–Kier alpha value is -0.650. The fourth-order valence-electron chi connectivity index (χ4n) is 5.17. The van der Waals surface area contributed by atoms with Crippen molar-refractivity contribution in [3.05, 3.63) is 0 Å². The number of epoxide rings is 1. The first-order valence-electron chi connectivity index (χ1n) is 10.4. The lowest BCUT2D eigenvalue weighted by Gasteiger charge is -2.53. The predicted octanol–water partition coefficient (Wildman–Crippen LogP) is 3.47. The Bertz CT molecular complexity index is 509. The van der Waals surface area contributed by atoms with Gasteiger partial charge in [0.2, 0.25) is 0 Å². The van der Waals surface area contributed by atoms with E-state index in [-0.39, 0.29) is 29.2 Å². The Kier molecular flexibility index (Phi) is 5.46. The summed E-state index contributed by atoms with van der Waals surface area (Å²) in [6.07, 6.45) is 5.84. The van der Waals surface area contributed by atoms with E-state index in [0.717, 1.165) is 38.2 Å². The van der Waals surface area contributed by atoms with Crippen molar-refractivity contribution in [2.24, 2.45) is 5.92 Å². The molecule has 3 rings (SSSR count). The maximum Gasteiger partial charge on any atom is 0.254 e. The molecule has 0 aliphatic carbocycles. The van der Waals surface area contributed by atoms with Crippen molar-refractivity contribution in [1.29, 1.82) is 0 Å². The summed E-state index contributed by atoms with van der Waals surface area (Å²) in [7, 11) is 0. The monoisotopic (exact) mass is 366 g/mol. The number of ether oxygens (including phenoxy) is 2. The number of hydrogen-bond donors (Lipinski definition) is 1. The van der Waals surface area contributed by atoms with Crippen molar-refractivity contribution in [1.82, 2.24) is 10.2 Å². The third-order valence-electron chi connectivity index (χ3n) is 5.79. The summed E-state index contributed by atoms with van der Waals surface area (Å²) < 4.78 is 12.1. The molecule has 2 unspecified atom stereocenters. The van der Waals surface area contributed by atoms with E-state index in [9.17, 15) is 4.79 Å². The molecular weight excluding hydrogens is 328 g/mol. The van der Waals surface area contributed by atoms with Crippen LogP contribution in [0.1, 0.15) is 80.1 Å². The molecule has 0 aromatic rings. The van der Waals surface area contributed by atoms with Gasteiger partial charge < -0.3 is 19.7 Å². The van der Waals surface area contributed by atoms with Gasteiger partial charge in [0.05, 0.1) is 19.3 Å². The Morgan fingerprint density at radius 3 is 2.31 bits per heavy atom. The van der Waals surface area contributed by atoms with Crippen LogP contribution in [0.3, 0.4) is 0 Å². The first kappa shape index (κ1) is 20.1. The van der Waals surface area contributed by atoms with Crippen LogP contribution < -0.4 is 5.32 Å². The molecule has 2 atom stereocenters. The van der Waals surface area contributed by atoms with Crippen molar-refractivity contribution < 1.29 is 14.3 Å². The molecular formula is C21H38N2O3. The minimum absolute atomic E-state index is 0.0722. The molecule has 0 radical (unpaired) electrons. The van der Waals surface area contributed by atoms with E-state index in [1.54, 1.807) is 0 Å². The Labute approximate surface area is 159 Å². The van der Waals surface area contributed by atoms with E-state index in [1.807, 2.05) is 4.90 Å². The van der Waals surface area contributed by atoms with E-state index in [0.29, 0.717) is 6.54 Å². The first-order chi connectivity index (χ1) is 12.0. The summed E-state index contributed by atoms with van der Waals surface area (Å²) in [4.78, 5) is 15.2. The second-order valence-corrected chi connectivity index (χ2v) is 10.4. The minimum Gasteiger partial charge on any atom is -0.371 e. The highest BCUT2D eigenvalue weighted by molar-refractivity contribution is 5.83. The number of hydrogen-bond acceptors (Lipinski definition) is 4. The number of carbonyl (C=O) groups excluding carboxylic acids is 1. The maximum absolute atomic E-state index is 13.2. The molecule has 5 heteroatoms. The van der Waals surface area contributed by atoms with Gasteiger partial charge in [-0.15, -0.1) is 0 Å². The van der Waals surface area contributed by atoms with Crippen LogP contribution >= 0.6 is 0 Å². The standard InChI is InChI=1S/C21H38N2O3/c1-15(2)9-7-8-10-17-18(24)23(11-16-12-25-16)21(26-17)13-19(3,4)22-20(5,6)14-21/h15-17,22H,7-14H2,1-6H3. The van der Waals surface area contributed by atoms with Gasteiger partial charge in [0.15, 0.2) is 0 Å². The Morgan fingerprint density at radius 2 is 1.77 bits per heavy atom. The minimum atomic E-state index is -0.496. The van der Waals surface area contributed by atoms with Gasteiger partial charge in [0.25, 0.3) is 5.91 Å². The highest BCUT2D eigenvalue weighted by atomic mass is 16.6. The quantitative estimate of drug-likeness (QED) is 0.554. The zero-order valence-electron chi connectivity index (χ0n) is 17.6. The summed E-state index contributed by atoms with van der Waals surface area (Å²) >= 11 is 0. The van der Waals surface area contributed by atoms with E-state index >= 15 is 0 Å². The second kappa shape index (κ2) is 7.06. The highest BCUT2D eigenvalue weighted by Crippen LogP contribution is 2.46. The molecule has 1 spiro atoms. The molecule has 3 aliphatic rings. The van der Waals surface area contributed by atoms with Crippen LogP contribution in [-0.4, -0.2) is 53.0 Å².